The number of aromatic nitrogens is 3. The second-order valence-electron chi connectivity index (χ2n) is 4.81. The van der Waals surface area contributed by atoms with Crippen molar-refractivity contribution in [1.82, 2.24) is 19.4 Å². The lowest BCUT2D eigenvalue weighted by Crippen LogP contribution is -2.40. The third kappa shape index (κ3) is 2.53. The van der Waals surface area contributed by atoms with Crippen LogP contribution < -0.4 is 0 Å². The van der Waals surface area contributed by atoms with E-state index in [1.807, 2.05) is 29.7 Å². The molecule has 1 saturated heterocycles. The highest BCUT2D eigenvalue weighted by atomic mass is 32.1. The number of thiazole rings is 1. The Bertz CT molecular complexity index is 563. The van der Waals surface area contributed by atoms with Crippen LogP contribution in [0.3, 0.4) is 0 Å². The van der Waals surface area contributed by atoms with Crippen LogP contribution in [0.2, 0.25) is 0 Å². The number of carbonyl (C=O) groups excluding carboxylic acids is 1. The predicted octanol–water partition coefficient (Wildman–Crippen LogP) is 2.13. The molecule has 0 aromatic carbocycles. The van der Waals surface area contributed by atoms with Gasteiger partial charge in [0.2, 0.25) is 0 Å². The minimum absolute atomic E-state index is 0.0502. The van der Waals surface area contributed by atoms with Crippen molar-refractivity contribution in [3.8, 4) is 0 Å². The lowest BCUT2D eigenvalue weighted by atomic mass is 10.1. The van der Waals surface area contributed by atoms with Crippen molar-refractivity contribution < 1.29 is 4.79 Å². The standard InChI is InChI=1S/C13H16N4OS/c1-10-15-12(8-19-10)13(18)16-5-2-3-11(7-16)17-6-4-14-9-17/h4,6,8-9,11H,2-3,5,7H2,1H3. The summed E-state index contributed by atoms with van der Waals surface area (Å²) in [5.74, 6) is 0.0502. The van der Waals surface area contributed by atoms with E-state index in [1.165, 1.54) is 11.3 Å². The Kier molecular flexibility index (Phi) is 3.33. The lowest BCUT2D eigenvalue weighted by Gasteiger charge is -2.32. The fraction of sp³-hybridized carbons (Fsp3) is 0.462. The third-order valence-electron chi connectivity index (χ3n) is 3.47. The number of aryl methyl sites for hydroxylation is 1. The molecule has 0 N–H and O–H groups in total. The number of hydrogen-bond donors (Lipinski definition) is 0. The second kappa shape index (κ2) is 5.13. The Morgan fingerprint density at radius 2 is 2.42 bits per heavy atom. The van der Waals surface area contributed by atoms with E-state index in [2.05, 4.69) is 14.5 Å². The maximum Gasteiger partial charge on any atom is 0.273 e. The Morgan fingerprint density at radius 3 is 3.11 bits per heavy atom. The minimum atomic E-state index is 0.0502. The first-order valence-corrected chi connectivity index (χ1v) is 7.31. The quantitative estimate of drug-likeness (QED) is 0.844. The first-order chi connectivity index (χ1) is 9.24. The normalized spacial score (nSPS) is 19.6. The molecule has 0 aliphatic carbocycles. The molecule has 0 saturated carbocycles. The van der Waals surface area contributed by atoms with Gasteiger partial charge < -0.3 is 9.47 Å². The number of likely N-dealkylation sites (tertiary alicyclic amines) is 1. The van der Waals surface area contributed by atoms with Crippen molar-refractivity contribution in [2.75, 3.05) is 13.1 Å². The third-order valence-corrected chi connectivity index (χ3v) is 4.24. The van der Waals surface area contributed by atoms with Crippen LogP contribution >= 0.6 is 11.3 Å². The molecule has 100 valence electrons. The Hall–Kier alpha value is -1.69. The number of rotatable bonds is 2. The van der Waals surface area contributed by atoms with Gasteiger partial charge >= 0.3 is 0 Å². The van der Waals surface area contributed by atoms with Crippen molar-refractivity contribution in [2.24, 2.45) is 0 Å². The topological polar surface area (TPSA) is 51.0 Å². The highest BCUT2D eigenvalue weighted by molar-refractivity contribution is 7.09. The molecule has 1 aliphatic heterocycles. The maximum absolute atomic E-state index is 12.4. The summed E-state index contributed by atoms with van der Waals surface area (Å²) < 4.78 is 2.09. The van der Waals surface area contributed by atoms with Crippen molar-refractivity contribution in [2.45, 2.75) is 25.8 Å². The van der Waals surface area contributed by atoms with E-state index in [9.17, 15) is 4.79 Å². The van der Waals surface area contributed by atoms with Gasteiger partial charge in [-0.15, -0.1) is 11.3 Å². The molecule has 3 rings (SSSR count). The van der Waals surface area contributed by atoms with Crippen LogP contribution in [0.1, 0.15) is 34.4 Å². The molecule has 0 radical (unpaired) electrons. The average molecular weight is 276 g/mol. The van der Waals surface area contributed by atoms with E-state index in [-0.39, 0.29) is 5.91 Å². The molecule has 2 aromatic rings. The number of amides is 1. The summed E-state index contributed by atoms with van der Waals surface area (Å²) in [4.78, 5) is 22.6. The van der Waals surface area contributed by atoms with E-state index in [0.717, 1.165) is 30.9 Å². The summed E-state index contributed by atoms with van der Waals surface area (Å²) in [5.41, 5.74) is 0.578. The number of imidazole rings is 1. The van der Waals surface area contributed by atoms with Crippen molar-refractivity contribution in [3.63, 3.8) is 0 Å². The highest BCUT2D eigenvalue weighted by Crippen LogP contribution is 2.22. The molecule has 5 nitrogen and oxygen atoms in total. The number of carbonyl (C=O) groups is 1. The van der Waals surface area contributed by atoms with Gasteiger partial charge in [0.1, 0.15) is 5.69 Å². The predicted molar refractivity (Wildman–Crippen MR) is 73.3 cm³/mol. The van der Waals surface area contributed by atoms with Gasteiger partial charge in [-0.2, -0.15) is 0 Å². The Labute approximate surface area is 115 Å². The second-order valence-corrected chi connectivity index (χ2v) is 5.87. The molecule has 0 spiro atoms. The zero-order chi connectivity index (χ0) is 13.2. The molecule has 0 bridgehead atoms. The van der Waals surface area contributed by atoms with Crippen LogP contribution in [0.15, 0.2) is 24.1 Å². The largest absolute Gasteiger partial charge is 0.335 e. The maximum atomic E-state index is 12.4. The molecular weight excluding hydrogens is 260 g/mol. The van der Waals surface area contributed by atoms with Crippen LogP contribution in [0.4, 0.5) is 0 Å². The molecule has 1 atom stereocenters. The summed E-state index contributed by atoms with van der Waals surface area (Å²) in [6, 6.07) is 0.333. The zero-order valence-electron chi connectivity index (χ0n) is 10.8. The summed E-state index contributed by atoms with van der Waals surface area (Å²) in [6.45, 7) is 3.48. The lowest BCUT2D eigenvalue weighted by molar-refractivity contribution is 0.0674. The van der Waals surface area contributed by atoms with E-state index < -0.39 is 0 Å². The number of hydrogen-bond acceptors (Lipinski definition) is 4. The fourth-order valence-corrected chi connectivity index (χ4v) is 3.08. The summed E-state index contributed by atoms with van der Waals surface area (Å²) >= 11 is 1.52. The average Bonchev–Trinajstić information content (AvgIpc) is 3.09. The molecule has 1 unspecified atom stereocenters. The van der Waals surface area contributed by atoms with E-state index in [1.54, 1.807) is 6.20 Å². The first-order valence-electron chi connectivity index (χ1n) is 6.43. The molecule has 1 aliphatic rings. The van der Waals surface area contributed by atoms with Gasteiger partial charge in [-0.1, -0.05) is 0 Å². The van der Waals surface area contributed by atoms with Crippen molar-refractivity contribution in [1.29, 1.82) is 0 Å². The van der Waals surface area contributed by atoms with Gasteiger partial charge in [0.05, 0.1) is 17.4 Å². The fourth-order valence-electron chi connectivity index (χ4n) is 2.49. The van der Waals surface area contributed by atoms with E-state index >= 15 is 0 Å². The van der Waals surface area contributed by atoms with Crippen LogP contribution in [-0.4, -0.2) is 38.4 Å². The first kappa shape index (κ1) is 12.3. The minimum Gasteiger partial charge on any atom is -0.335 e. The van der Waals surface area contributed by atoms with Crippen LogP contribution in [0.5, 0.6) is 0 Å². The van der Waals surface area contributed by atoms with Crippen LogP contribution in [0.25, 0.3) is 0 Å². The van der Waals surface area contributed by atoms with Gasteiger partial charge in [0.15, 0.2) is 0 Å². The summed E-state index contributed by atoms with van der Waals surface area (Å²) in [7, 11) is 0. The molecule has 6 heteroatoms. The molecule has 1 amide bonds. The van der Waals surface area contributed by atoms with E-state index in [0.29, 0.717) is 11.7 Å². The van der Waals surface area contributed by atoms with E-state index in [4.69, 9.17) is 0 Å². The van der Waals surface area contributed by atoms with Gasteiger partial charge in [-0.3, -0.25) is 4.79 Å². The summed E-state index contributed by atoms with van der Waals surface area (Å²) in [6.07, 6.45) is 7.69. The zero-order valence-corrected chi connectivity index (χ0v) is 11.6. The smallest absolute Gasteiger partial charge is 0.273 e. The van der Waals surface area contributed by atoms with Gasteiger partial charge in [-0.05, 0) is 19.8 Å². The molecular formula is C13H16N4OS. The molecule has 1 fully saturated rings. The van der Waals surface area contributed by atoms with Crippen LogP contribution in [-0.2, 0) is 0 Å². The van der Waals surface area contributed by atoms with Crippen molar-refractivity contribution >= 4 is 17.2 Å². The number of nitrogens with zero attached hydrogens (tertiary/aromatic N) is 4. The highest BCUT2D eigenvalue weighted by Gasteiger charge is 2.26. The monoisotopic (exact) mass is 276 g/mol. The van der Waals surface area contributed by atoms with Gasteiger partial charge in [-0.25, -0.2) is 9.97 Å². The Morgan fingerprint density at radius 1 is 1.53 bits per heavy atom. The molecule has 2 aromatic heterocycles. The molecule has 3 heterocycles. The summed E-state index contributed by atoms with van der Waals surface area (Å²) in [5, 5.41) is 2.78. The number of piperidine rings is 1. The Balaban J connectivity index is 1.73. The van der Waals surface area contributed by atoms with Gasteiger partial charge in [0.25, 0.3) is 5.91 Å². The van der Waals surface area contributed by atoms with Crippen molar-refractivity contribution in [3.05, 3.63) is 34.8 Å². The molecule has 19 heavy (non-hydrogen) atoms. The van der Waals surface area contributed by atoms with Gasteiger partial charge in [0, 0.05) is 30.9 Å². The van der Waals surface area contributed by atoms with Crippen LogP contribution in [0, 0.1) is 6.92 Å². The SMILES string of the molecule is Cc1nc(C(=O)N2CCCC(n3ccnc3)C2)cs1.